The fourth-order valence-electron chi connectivity index (χ4n) is 3.23. The summed E-state index contributed by atoms with van der Waals surface area (Å²) in [5.74, 6) is 0. The van der Waals surface area contributed by atoms with Crippen molar-refractivity contribution in [3.8, 4) is 0 Å². The molecule has 1 aromatic heterocycles. The van der Waals surface area contributed by atoms with E-state index in [0.717, 1.165) is 36.9 Å². The van der Waals surface area contributed by atoms with E-state index in [2.05, 4.69) is 18.9 Å². The minimum absolute atomic E-state index is 0.177. The summed E-state index contributed by atoms with van der Waals surface area (Å²) < 4.78 is 1.77. The molecule has 1 unspecified atom stereocenters. The third kappa shape index (κ3) is 2.70. The molecule has 108 valence electrons. The first-order chi connectivity index (χ1) is 8.80. The van der Waals surface area contributed by atoms with Crippen molar-refractivity contribution in [2.24, 2.45) is 23.6 Å². The van der Waals surface area contributed by atoms with Crippen LogP contribution in [0, 0.1) is 17.8 Å². The van der Waals surface area contributed by atoms with Crippen molar-refractivity contribution in [3.63, 3.8) is 0 Å². The van der Waals surface area contributed by atoms with Gasteiger partial charge in [-0.2, -0.15) is 5.10 Å². The van der Waals surface area contributed by atoms with Gasteiger partial charge in [0.1, 0.15) is 0 Å². The van der Waals surface area contributed by atoms with Crippen LogP contribution in [0.4, 0.5) is 0 Å². The number of hydrogen-bond donors (Lipinski definition) is 2. The van der Waals surface area contributed by atoms with Crippen LogP contribution in [0.3, 0.4) is 0 Å². The highest BCUT2D eigenvalue weighted by Gasteiger charge is 2.43. The van der Waals surface area contributed by atoms with Crippen molar-refractivity contribution in [1.29, 1.82) is 0 Å². The smallest absolute Gasteiger partial charge is 0.0891 e. The molecule has 0 spiro atoms. The molecule has 4 nitrogen and oxygen atoms in total. The first-order valence-electron chi connectivity index (χ1n) is 7.18. The molecule has 1 saturated carbocycles. The number of hydrogen-bond acceptors (Lipinski definition) is 3. The average molecular weight is 265 g/mol. The molecule has 3 N–H and O–H groups in total. The molecule has 1 aliphatic rings. The fourth-order valence-corrected chi connectivity index (χ4v) is 3.23. The highest BCUT2D eigenvalue weighted by Crippen LogP contribution is 2.50. The third-order valence-electron chi connectivity index (χ3n) is 4.93. The van der Waals surface area contributed by atoms with E-state index in [9.17, 15) is 5.11 Å². The Hall–Kier alpha value is -0.870. The van der Waals surface area contributed by atoms with Crippen LogP contribution in [0.1, 0.15) is 56.9 Å². The van der Waals surface area contributed by atoms with Crippen molar-refractivity contribution in [2.75, 3.05) is 6.54 Å². The highest BCUT2D eigenvalue weighted by atomic mass is 16.3. The lowest BCUT2D eigenvalue weighted by Gasteiger charge is -2.45. The van der Waals surface area contributed by atoms with Crippen LogP contribution in [-0.2, 0) is 7.05 Å². The Morgan fingerprint density at radius 1 is 1.37 bits per heavy atom. The first-order valence-corrected chi connectivity index (χ1v) is 7.18. The summed E-state index contributed by atoms with van der Waals surface area (Å²) in [6.45, 7) is 7.10. The van der Waals surface area contributed by atoms with E-state index < -0.39 is 6.10 Å². The van der Waals surface area contributed by atoms with Crippen LogP contribution in [0.5, 0.6) is 0 Å². The van der Waals surface area contributed by atoms with E-state index in [0.29, 0.717) is 12.0 Å². The predicted molar refractivity (Wildman–Crippen MR) is 76.6 cm³/mol. The quantitative estimate of drug-likeness (QED) is 0.881. The molecule has 1 aliphatic carbocycles. The SMILES string of the molecule is Cc1nn(C)cc1C(O)C1(CN)CCC(C)(C)CC1. The van der Waals surface area contributed by atoms with Gasteiger partial charge in [-0.25, -0.2) is 0 Å². The van der Waals surface area contributed by atoms with E-state index in [1.54, 1.807) is 4.68 Å². The molecule has 0 radical (unpaired) electrons. The Kier molecular flexibility index (Phi) is 3.76. The second kappa shape index (κ2) is 4.91. The summed E-state index contributed by atoms with van der Waals surface area (Å²) in [6.07, 6.45) is 5.67. The molecule has 0 amide bonds. The van der Waals surface area contributed by atoms with Crippen LogP contribution in [0.25, 0.3) is 0 Å². The molecule has 19 heavy (non-hydrogen) atoms. The molecule has 2 rings (SSSR count). The zero-order chi connectivity index (χ0) is 14.3. The van der Waals surface area contributed by atoms with Gasteiger partial charge in [-0.05, 0) is 38.0 Å². The van der Waals surface area contributed by atoms with E-state index in [1.807, 2.05) is 20.2 Å². The van der Waals surface area contributed by atoms with Crippen LogP contribution >= 0.6 is 0 Å². The molecule has 0 aromatic carbocycles. The number of nitrogens with zero attached hydrogens (tertiary/aromatic N) is 2. The van der Waals surface area contributed by atoms with Gasteiger partial charge in [0, 0.05) is 30.8 Å². The summed E-state index contributed by atoms with van der Waals surface area (Å²) in [7, 11) is 1.89. The molecule has 1 atom stereocenters. The molecule has 1 heterocycles. The maximum absolute atomic E-state index is 10.8. The van der Waals surface area contributed by atoms with Gasteiger partial charge in [0.2, 0.25) is 0 Å². The van der Waals surface area contributed by atoms with E-state index in [4.69, 9.17) is 5.73 Å². The van der Waals surface area contributed by atoms with E-state index in [-0.39, 0.29) is 5.41 Å². The normalized spacial score (nSPS) is 23.3. The van der Waals surface area contributed by atoms with Crippen molar-refractivity contribution in [1.82, 2.24) is 9.78 Å². The second-order valence-electron chi connectivity index (χ2n) is 6.98. The summed E-state index contributed by atoms with van der Waals surface area (Å²) in [5, 5.41) is 15.2. The van der Waals surface area contributed by atoms with Gasteiger partial charge in [0.25, 0.3) is 0 Å². The number of rotatable bonds is 3. The van der Waals surface area contributed by atoms with Crippen molar-refractivity contribution >= 4 is 0 Å². The molecule has 1 aromatic rings. The van der Waals surface area contributed by atoms with Gasteiger partial charge in [-0.15, -0.1) is 0 Å². The second-order valence-corrected chi connectivity index (χ2v) is 6.98. The summed E-state index contributed by atoms with van der Waals surface area (Å²) in [5.41, 5.74) is 8.08. The fraction of sp³-hybridized carbons (Fsp3) is 0.800. The number of aliphatic hydroxyl groups is 1. The minimum Gasteiger partial charge on any atom is -0.388 e. The summed E-state index contributed by atoms with van der Waals surface area (Å²) >= 11 is 0. The zero-order valence-electron chi connectivity index (χ0n) is 12.6. The Labute approximate surface area is 116 Å². The van der Waals surface area contributed by atoms with Crippen molar-refractivity contribution in [2.45, 2.75) is 52.6 Å². The molecular formula is C15H27N3O. The highest BCUT2D eigenvalue weighted by molar-refractivity contribution is 5.21. The lowest BCUT2D eigenvalue weighted by atomic mass is 9.62. The van der Waals surface area contributed by atoms with Gasteiger partial charge < -0.3 is 10.8 Å². The standard InChI is InChI=1S/C15H27N3O/c1-11-12(9-18(4)17-11)13(19)15(10-16)7-5-14(2,3)6-8-15/h9,13,19H,5-8,10,16H2,1-4H3. The summed E-state index contributed by atoms with van der Waals surface area (Å²) in [6, 6.07) is 0. The number of aliphatic hydroxyl groups excluding tert-OH is 1. The predicted octanol–water partition coefficient (Wildman–Crippen LogP) is 2.31. The van der Waals surface area contributed by atoms with Gasteiger partial charge in [0.05, 0.1) is 11.8 Å². The average Bonchev–Trinajstić information content (AvgIpc) is 2.68. The molecular weight excluding hydrogens is 238 g/mol. The molecule has 0 aliphatic heterocycles. The largest absolute Gasteiger partial charge is 0.388 e. The Balaban J connectivity index is 2.25. The van der Waals surface area contributed by atoms with Crippen molar-refractivity contribution < 1.29 is 5.11 Å². The summed E-state index contributed by atoms with van der Waals surface area (Å²) in [4.78, 5) is 0. The van der Waals surface area contributed by atoms with E-state index in [1.165, 1.54) is 0 Å². The Bertz CT molecular complexity index is 440. The van der Waals surface area contributed by atoms with Gasteiger partial charge in [0.15, 0.2) is 0 Å². The third-order valence-corrected chi connectivity index (χ3v) is 4.93. The minimum atomic E-state index is -0.498. The van der Waals surface area contributed by atoms with E-state index >= 15 is 0 Å². The maximum Gasteiger partial charge on any atom is 0.0891 e. The zero-order valence-corrected chi connectivity index (χ0v) is 12.6. The van der Waals surface area contributed by atoms with Crippen LogP contribution in [-0.4, -0.2) is 21.4 Å². The Morgan fingerprint density at radius 2 is 1.95 bits per heavy atom. The Morgan fingerprint density at radius 3 is 2.37 bits per heavy atom. The molecule has 4 heteroatoms. The first kappa shape index (κ1) is 14.5. The topological polar surface area (TPSA) is 64.1 Å². The van der Waals surface area contributed by atoms with Crippen LogP contribution < -0.4 is 5.73 Å². The van der Waals surface area contributed by atoms with Gasteiger partial charge >= 0.3 is 0 Å². The lowest BCUT2D eigenvalue weighted by Crippen LogP contribution is -2.42. The number of nitrogens with two attached hydrogens (primary N) is 1. The van der Waals surface area contributed by atoms with Gasteiger partial charge in [-0.3, -0.25) is 4.68 Å². The molecule has 0 saturated heterocycles. The van der Waals surface area contributed by atoms with Crippen molar-refractivity contribution in [3.05, 3.63) is 17.5 Å². The van der Waals surface area contributed by atoms with Crippen LogP contribution in [0.2, 0.25) is 0 Å². The maximum atomic E-state index is 10.8. The van der Waals surface area contributed by atoms with Crippen LogP contribution in [0.15, 0.2) is 6.20 Å². The van der Waals surface area contributed by atoms with Gasteiger partial charge in [-0.1, -0.05) is 13.8 Å². The number of aryl methyl sites for hydroxylation is 2. The number of aromatic nitrogens is 2. The lowest BCUT2D eigenvalue weighted by molar-refractivity contribution is -0.0239. The molecule has 0 bridgehead atoms. The monoisotopic (exact) mass is 265 g/mol. The molecule has 1 fully saturated rings.